The molecule has 1 aromatic heterocycles. The lowest BCUT2D eigenvalue weighted by Gasteiger charge is -2.04. The van der Waals surface area contributed by atoms with Crippen molar-refractivity contribution in [2.45, 2.75) is 4.90 Å². The van der Waals surface area contributed by atoms with Crippen LogP contribution < -0.4 is 9.47 Å². The summed E-state index contributed by atoms with van der Waals surface area (Å²) < 4.78 is 31.4. The van der Waals surface area contributed by atoms with Gasteiger partial charge in [0.15, 0.2) is 4.90 Å². The molecule has 14 heavy (non-hydrogen) atoms. The Bertz CT molecular complexity index is 433. The van der Waals surface area contributed by atoms with Gasteiger partial charge in [0.25, 0.3) is 9.05 Å². The van der Waals surface area contributed by atoms with Gasteiger partial charge in [-0.15, -0.1) is 0 Å². The van der Waals surface area contributed by atoms with Crippen molar-refractivity contribution < 1.29 is 17.9 Å². The van der Waals surface area contributed by atoms with Crippen molar-refractivity contribution in [3.8, 4) is 11.9 Å². The Labute approximate surface area is 85.3 Å². The number of hydrogen-bond acceptors (Lipinski definition) is 6. The van der Waals surface area contributed by atoms with Gasteiger partial charge in [-0.05, 0) is 0 Å². The zero-order valence-electron chi connectivity index (χ0n) is 7.39. The van der Waals surface area contributed by atoms with Crippen molar-refractivity contribution in [2.75, 3.05) is 14.2 Å². The minimum atomic E-state index is -3.90. The monoisotopic (exact) mass is 238 g/mol. The molecule has 0 saturated heterocycles. The van der Waals surface area contributed by atoms with E-state index in [0.717, 1.165) is 6.20 Å². The summed E-state index contributed by atoms with van der Waals surface area (Å²) >= 11 is 0. The highest BCUT2D eigenvalue weighted by Crippen LogP contribution is 2.24. The Morgan fingerprint density at radius 2 is 2.00 bits per heavy atom. The molecule has 0 radical (unpaired) electrons. The Morgan fingerprint density at radius 3 is 2.43 bits per heavy atom. The Morgan fingerprint density at radius 1 is 1.36 bits per heavy atom. The van der Waals surface area contributed by atoms with Gasteiger partial charge >= 0.3 is 6.01 Å². The molecular weight excluding hydrogens is 232 g/mol. The van der Waals surface area contributed by atoms with Gasteiger partial charge in [0, 0.05) is 10.7 Å². The van der Waals surface area contributed by atoms with Crippen LogP contribution in [0.25, 0.3) is 0 Å². The zero-order valence-corrected chi connectivity index (χ0v) is 8.96. The highest BCUT2D eigenvalue weighted by atomic mass is 35.7. The van der Waals surface area contributed by atoms with Gasteiger partial charge in [-0.1, -0.05) is 0 Å². The van der Waals surface area contributed by atoms with Gasteiger partial charge in [-0.3, -0.25) is 0 Å². The zero-order chi connectivity index (χ0) is 10.8. The van der Waals surface area contributed by atoms with Crippen LogP contribution >= 0.6 is 10.7 Å². The summed E-state index contributed by atoms with van der Waals surface area (Å²) in [5, 5.41) is 0. The van der Waals surface area contributed by atoms with E-state index in [1.54, 1.807) is 0 Å². The van der Waals surface area contributed by atoms with Crippen LogP contribution in [-0.2, 0) is 9.05 Å². The van der Waals surface area contributed by atoms with Crippen LogP contribution in [0.15, 0.2) is 11.1 Å². The molecule has 0 amide bonds. The second kappa shape index (κ2) is 3.97. The van der Waals surface area contributed by atoms with Crippen molar-refractivity contribution in [1.82, 2.24) is 9.97 Å². The van der Waals surface area contributed by atoms with Crippen molar-refractivity contribution in [3.63, 3.8) is 0 Å². The van der Waals surface area contributed by atoms with Crippen LogP contribution in [0.1, 0.15) is 0 Å². The minimum absolute atomic E-state index is 0.00548. The van der Waals surface area contributed by atoms with E-state index in [2.05, 4.69) is 14.7 Å². The largest absolute Gasteiger partial charge is 0.480 e. The number of aromatic nitrogens is 2. The van der Waals surface area contributed by atoms with Crippen LogP contribution in [0.3, 0.4) is 0 Å². The van der Waals surface area contributed by atoms with E-state index in [0.29, 0.717) is 0 Å². The van der Waals surface area contributed by atoms with E-state index in [1.807, 2.05) is 0 Å². The maximum absolute atomic E-state index is 11.0. The number of methoxy groups -OCH3 is 2. The van der Waals surface area contributed by atoms with Crippen molar-refractivity contribution in [2.24, 2.45) is 0 Å². The maximum Gasteiger partial charge on any atom is 0.319 e. The Hall–Kier alpha value is -1.08. The number of rotatable bonds is 3. The smallest absolute Gasteiger partial charge is 0.319 e. The molecule has 78 valence electrons. The van der Waals surface area contributed by atoms with Crippen molar-refractivity contribution in [1.29, 1.82) is 0 Å². The number of ether oxygens (including phenoxy) is 2. The van der Waals surface area contributed by atoms with E-state index in [1.165, 1.54) is 14.2 Å². The molecule has 0 aromatic carbocycles. The average molecular weight is 239 g/mol. The lowest BCUT2D eigenvalue weighted by molar-refractivity contribution is 0.344. The number of halogens is 1. The van der Waals surface area contributed by atoms with Crippen LogP contribution in [0.5, 0.6) is 11.9 Å². The normalized spacial score (nSPS) is 11.1. The molecule has 6 nitrogen and oxygen atoms in total. The minimum Gasteiger partial charge on any atom is -0.480 e. The third-order valence-electron chi connectivity index (χ3n) is 1.34. The number of nitrogens with zero attached hydrogens (tertiary/aromatic N) is 2. The highest BCUT2D eigenvalue weighted by Gasteiger charge is 2.19. The Kier molecular flexibility index (Phi) is 3.12. The molecule has 1 heterocycles. The fraction of sp³-hybridized carbons (Fsp3) is 0.333. The van der Waals surface area contributed by atoms with Gasteiger partial charge in [-0.25, -0.2) is 13.4 Å². The Balaban J connectivity index is 3.33. The molecule has 0 aliphatic carbocycles. The molecule has 0 bridgehead atoms. The van der Waals surface area contributed by atoms with Gasteiger partial charge in [-0.2, -0.15) is 4.98 Å². The van der Waals surface area contributed by atoms with E-state index in [-0.39, 0.29) is 16.8 Å². The molecule has 1 rings (SSSR count). The van der Waals surface area contributed by atoms with Crippen LogP contribution in [0.4, 0.5) is 0 Å². The molecule has 0 N–H and O–H groups in total. The lowest BCUT2D eigenvalue weighted by atomic mass is 10.6. The van der Waals surface area contributed by atoms with Gasteiger partial charge in [0.05, 0.1) is 20.4 Å². The molecule has 8 heteroatoms. The lowest BCUT2D eigenvalue weighted by Crippen LogP contribution is -2.02. The topological polar surface area (TPSA) is 78.4 Å². The van der Waals surface area contributed by atoms with Crippen LogP contribution in [-0.4, -0.2) is 32.6 Å². The first-order chi connectivity index (χ1) is 6.49. The number of hydrogen-bond donors (Lipinski definition) is 0. The summed E-state index contributed by atoms with van der Waals surface area (Å²) in [4.78, 5) is 6.96. The van der Waals surface area contributed by atoms with Crippen LogP contribution in [0.2, 0.25) is 0 Å². The first-order valence-electron chi connectivity index (χ1n) is 3.38. The van der Waals surface area contributed by atoms with E-state index < -0.39 is 9.05 Å². The molecule has 1 aromatic rings. The summed E-state index contributed by atoms with van der Waals surface area (Å²) in [5.74, 6) is -0.146. The van der Waals surface area contributed by atoms with E-state index >= 15 is 0 Å². The van der Waals surface area contributed by atoms with E-state index in [9.17, 15) is 8.42 Å². The average Bonchev–Trinajstić information content (AvgIpc) is 2.15. The maximum atomic E-state index is 11.0. The predicted octanol–water partition coefficient (Wildman–Crippen LogP) is 0.421. The van der Waals surface area contributed by atoms with Gasteiger partial charge < -0.3 is 9.47 Å². The fourth-order valence-electron chi connectivity index (χ4n) is 0.752. The molecule has 0 aliphatic heterocycles. The molecule has 0 unspecified atom stereocenters. The second-order valence-corrected chi connectivity index (χ2v) is 4.70. The predicted molar refractivity (Wildman–Crippen MR) is 48.2 cm³/mol. The van der Waals surface area contributed by atoms with E-state index in [4.69, 9.17) is 15.4 Å². The summed E-state index contributed by atoms with van der Waals surface area (Å²) in [7, 11) is 3.83. The first-order valence-corrected chi connectivity index (χ1v) is 5.69. The third-order valence-corrected chi connectivity index (χ3v) is 2.64. The summed E-state index contributed by atoms with van der Waals surface area (Å²) in [6.07, 6.45) is 1.02. The highest BCUT2D eigenvalue weighted by molar-refractivity contribution is 8.13. The molecule has 0 atom stereocenters. The molecule has 0 saturated carbocycles. The molecule has 0 aliphatic rings. The first kappa shape index (κ1) is 11.0. The fourth-order valence-corrected chi connectivity index (χ4v) is 1.59. The van der Waals surface area contributed by atoms with Crippen LogP contribution in [0, 0.1) is 0 Å². The van der Waals surface area contributed by atoms with Crippen molar-refractivity contribution >= 4 is 19.7 Å². The quantitative estimate of drug-likeness (QED) is 0.711. The second-order valence-electron chi connectivity index (χ2n) is 2.17. The molecular formula is C6H7ClN2O4S. The molecule has 0 spiro atoms. The molecule has 0 fully saturated rings. The summed E-state index contributed by atoms with van der Waals surface area (Å²) in [5.41, 5.74) is 0. The van der Waals surface area contributed by atoms with Gasteiger partial charge in [0.2, 0.25) is 5.88 Å². The third kappa shape index (κ3) is 2.24. The van der Waals surface area contributed by atoms with Crippen molar-refractivity contribution in [3.05, 3.63) is 6.20 Å². The SMILES string of the molecule is COc1ncc(S(=O)(=O)Cl)c(OC)n1. The standard InChI is InChI=1S/C6H7ClN2O4S/c1-12-5-4(14(7,10)11)3-8-6(9-5)13-2/h3H,1-2H3. The summed E-state index contributed by atoms with van der Waals surface area (Å²) in [6, 6.07) is 0.00548. The summed E-state index contributed by atoms with van der Waals surface area (Å²) in [6.45, 7) is 0. The van der Waals surface area contributed by atoms with Gasteiger partial charge in [0.1, 0.15) is 0 Å².